The Bertz CT molecular complexity index is 8740. The third kappa shape index (κ3) is 17.6. The highest BCUT2D eigenvalue weighted by atomic mass is 32.1. The van der Waals surface area contributed by atoms with E-state index in [1.807, 2.05) is 257 Å². The molecule has 10 heterocycles. The van der Waals surface area contributed by atoms with Crippen LogP contribution in [-0.2, 0) is 0 Å². The highest BCUT2D eigenvalue weighted by Crippen LogP contribution is 2.43. The van der Waals surface area contributed by atoms with Gasteiger partial charge in [-0.25, -0.2) is 74.8 Å². The minimum atomic E-state index is 0.626. The summed E-state index contributed by atoms with van der Waals surface area (Å²) in [6, 6.07) is 131. The van der Waals surface area contributed by atoms with E-state index in [1.54, 1.807) is 22.7 Å². The zero-order valence-electron chi connectivity index (χ0n) is 74.2. The van der Waals surface area contributed by atoms with Gasteiger partial charge in [-0.15, -0.1) is 34.0 Å². The van der Waals surface area contributed by atoms with Gasteiger partial charge in [-0.1, -0.05) is 303 Å². The van der Waals surface area contributed by atoms with Crippen molar-refractivity contribution in [3.8, 4) is 125 Å². The van der Waals surface area contributed by atoms with Crippen molar-refractivity contribution in [3.63, 3.8) is 0 Å². The van der Waals surface area contributed by atoms with Crippen molar-refractivity contribution in [3.05, 3.63) is 417 Å². The third-order valence-corrected chi connectivity index (χ3v) is 26.8. The molecule has 0 atom stereocenters. The number of furan rings is 2. The van der Waals surface area contributed by atoms with Crippen LogP contribution in [0.5, 0.6) is 0 Å². The van der Waals surface area contributed by atoms with Crippen molar-refractivity contribution in [2.45, 2.75) is 34.6 Å². The lowest BCUT2D eigenvalue weighted by Crippen LogP contribution is -2.00. The summed E-state index contributed by atoms with van der Waals surface area (Å²) in [5, 5.41) is 11.9. The maximum atomic E-state index is 6.12. The van der Waals surface area contributed by atoms with Gasteiger partial charge in [-0.3, -0.25) is 0 Å². The first-order valence-corrected chi connectivity index (χ1v) is 46.9. The summed E-state index contributed by atoms with van der Waals surface area (Å²) in [4.78, 5) is 69.8. The van der Waals surface area contributed by atoms with Crippen LogP contribution in [0.1, 0.15) is 28.9 Å². The van der Waals surface area contributed by atoms with Crippen LogP contribution in [0.25, 0.3) is 230 Å². The molecule has 0 unspecified atom stereocenters. The summed E-state index contributed by atoms with van der Waals surface area (Å²) in [6.45, 7) is 9.69. The van der Waals surface area contributed by atoms with E-state index < -0.39 is 0 Å². The highest BCUT2D eigenvalue weighted by Gasteiger charge is 2.22. The van der Waals surface area contributed by atoms with Crippen LogP contribution in [0.2, 0.25) is 0 Å². The Balaban J connectivity index is 0.0000000988. The number of rotatable bonds is 11. The number of aryl methyl sites for hydroxylation is 5. The molecule has 0 spiro atoms. The molecule has 648 valence electrons. The number of hydrogen-bond acceptors (Lipinski definition) is 20. The molecule has 0 bridgehead atoms. The summed E-state index contributed by atoms with van der Waals surface area (Å²) in [7, 11) is 0. The van der Waals surface area contributed by atoms with Crippen LogP contribution in [0.4, 0.5) is 0 Å². The van der Waals surface area contributed by atoms with E-state index in [2.05, 4.69) is 217 Å². The topological polar surface area (TPSA) is 220 Å². The molecule has 20 heteroatoms. The molecule has 26 rings (SSSR count). The van der Waals surface area contributed by atoms with Crippen LogP contribution in [-0.4, -0.2) is 74.8 Å². The SMILES string of the molecule is Cc1cccc(-c2nc(-c3ccccc3)nc(-c3ccc4sc5ccccc5c4c3)n2)c1.Cc1nc(-c2ccccc2)nc(-c2ccc3c(c2)sc2ccccc23)n1.Cc1nc(-c2ccccc2)nc(-c2ccc3oc4ccccc4c3c2)n1.Cc1nc(-c2ccccc2)nc(-c2cccc3c2oc2ccccc23)n1.Cc1nc(-c2ccccc2)nc(-c2cccc3c2sc2ccccc23)n1. The monoisotopic (exact) mass is 1810 g/mol. The molecule has 0 amide bonds. The minimum absolute atomic E-state index is 0.626. The lowest BCUT2D eigenvalue weighted by molar-refractivity contribution is 0.668. The number of thiophene rings is 3. The van der Waals surface area contributed by atoms with Gasteiger partial charge >= 0.3 is 0 Å². The Morgan fingerprint density at radius 1 is 0.169 bits per heavy atom. The third-order valence-electron chi connectivity index (χ3n) is 23.3. The Hall–Kier alpha value is -17.2. The van der Waals surface area contributed by atoms with Crippen LogP contribution in [0.3, 0.4) is 0 Å². The molecule has 0 saturated carbocycles. The van der Waals surface area contributed by atoms with Gasteiger partial charge in [0, 0.05) is 138 Å². The second kappa shape index (κ2) is 37.2. The fourth-order valence-electron chi connectivity index (χ4n) is 16.9. The fourth-order valence-corrected chi connectivity index (χ4v) is 20.3. The Morgan fingerprint density at radius 2 is 0.471 bits per heavy atom. The first kappa shape index (κ1) is 84.4. The smallest absolute Gasteiger partial charge is 0.167 e. The Morgan fingerprint density at radius 3 is 0.978 bits per heavy atom. The van der Waals surface area contributed by atoms with Gasteiger partial charge in [0.05, 0.1) is 5.56 Å². The van der Waals surface area contributed by atoms with Crippen molar-refractivity contribution in [2.24, 2.45) is 0 Å². The van der Waals surface area contributed by atoms with E-state index in [0.717, 1.165) is 128 Å². The summed E-state index contributed by atoms with van der Waals surface area (Å²) < 4.78 is 19.6. The molecule has 16 aromatic carbocycles. The van der Waals surface area contributed by atoms with Crippen molar-refractivity contribution < 1.29 is 8.83 Å². The van der Waals surface area contributed by atoms with Crippen LogP contribution < -0.4 is 0 Å². The van der Waals surface area contributed by atoms with Crippen molar-refractivity contribution in [1.29, 1.82) is 0 Å². The van der Waals surface area contributed by atoms with Gasteiger partial charge in [-0.05, 0) is 126 Å². The summed E-state index contributed by atoms with van der Waals surface area (Å²) in [6.07, 6.45) is 0. The molecule has 0 N–H and O–H groups in total. The molecule has 0 aliphatic rings. The van der Waals surface area contributed by atoms with Gasteiger partial charge in [0.25, 0.3) is 0 Å². The lowest BCUT2D eigenvalue weighted by Gasteiger charge is -2.09. The number of nitrogens with zero attached hydrogens (tertiary/aromatic N) is 15. The molecule has 10 aromatic heterocycles. The molecule has 0 saturated heterocycles. The zero-order chi connectivity index (χ0) is 91.5. The number of fused-ring (bicyclic) bond motifs is 15. The Kier molecular flexibility index (Phi) is 23.1. The van der Waals surface area contributed by atoms with E-state index >= 15 is 0 Å². The number of hydrogen-bond donors (Lipinski definition) is 0. The summed E-state index contributed by atoms with van der Waals surface area (Å²) >= 11 is 5.41. The first-order valence-electron chi connectivity index (χ1n) is 44.5. The summed E-state index contributed by atoms with van der Waals surface area (Å²) in [5.41, 5.74) is 15.4. The average Bonchev–Trinajstić information content (AvgIpc) is 1.63. The highest BCUT2D eigenvalue weighted by molar-refractivity contribution is 7.27. The molecule has 26 aromatic rings. The molecule has 17 nitrogen and oxygen atoms in total. The van der Waals surface area contributed by atoms with E-state index in [4.69, 9.17) is 43.7 Å². The average molecular weight is 1810 g/mol. The minimum Gasteiger partial charge on any atom is -0.456 e. The maximum absolute atomic E-state index is 6.12. The van der Waals surface area contributed by atoms with Crippen LogP contribution >= 0.6 is 34.0 Å². The van der Waals surface area contributed by atoms with Gasteiger partial charge in [-0.2, -0.15) is 0 Å². The van der Waals surface area contributed by atoms with Gasteiger partial charge in [0.2, 0.25) is 0 Å². The van der Waals surface area contributed by atoms with E-state index in [1.165, 1.54) is 66.1 Å². The molecular weight excluding hydrogens is 1730 g/mol. The van der Waals surface area contributed by atoms with E-state index in [0.29, 0.717) is 64.1 Å². The molecular formula is C116H79N15O2S3. The maximum Gasteiger partial charge on any atom is 0.167 e. The normalized spacial score (nSPS) is 11.3. The van der Waals surface area contributed by atoms with Gasteiger partial charge < -0.3 is 8.83 Å². The van der Waals surface area contributed by atoms with Crippen molar-refractivity contribution in [2.75, 3.05) is 0 Å². The number of para-hydroxylation sites is 3. The quantitative estimate of drug-likeness (QED) is 0.117. The molecule has 0 radical (unpaired) electrons. The van der Waals surface area contributed by atoms with Crippen LogP contribution in [0.15, 0.2) is 397 Å². The van der Waals surface area contributed by atoms with Crippen molar-refractivity contribution >= 4 is 138 Å². The second-order valence-electron chi connectivity index (χ2n) is 32.6. The molecule has 136 heavy (non-hydrogen) atoms. The number of benzene rings is 16. The zero-order valence-corrected chi connectivity index (χ0v) is 76.6. The van der Waals surface area contributed by atoms with E-state index in [-0.39, 0.29) is 0 Å². The van der Waals surface area contributed by atoms with Crippen LogP contribution in [0, 0.1) is 34.6 Å². The lowest BCUT2D eigenvalue weighted by atomic mass is 10.1. The molecule has 0 fully saturated rings. The Labute approximate surface area is 793 Å². The van der Waals surface area contributed by atoms with Crippen molar-refractivity contribution in [1.82, 2.24) is 74.8 Å². The molecule has 0 aliphatic heterocycles. The largest absolute Gasteiger partial charge is 0.456 e. The predicted octanol–water partition coefficient (Wildman–Crippen LogP) is 30.1. The molecule has 0 aliphatic carbocycles. The predicted molar refractivity (Wildman–Crippen MR) is 556 cm³/mol. The van der Waals surface area contributed by atoms with E-state index in [9.17, 15) is 0 Å². The second-order valence-corrected chi connectivity index (χ2v) is 35.8. The van der Waals surface area contributed by atoms with Gasteiger partial charge in [0.1, 0.15) is 45.6 Å². The standard InChI is InChI=1S/C28H19N3S.2C22H15N3O.2C22H15N3S/c1-18-8-7-11-20(16-18)27-29-26(19-9-3-2-4-10-19)30-28(31-27)21-14-15-25-23(17-21)22-12-5-6-13-24(22)32-25;1-14-23-21(15-8-3-2-4-9-15)25-22(24-14)18-12-7-11-17-16-10-5-6-13-19(16)26-20(17)18;1-14-23-21(15-7-3-2-4-8-15)25-22(24-14)16-11-12-20-18(13-16)17-9-5-6-10-19(17)26-20;1-14-23-21(15-8-3-2-4-9-15)25-22(24-14)18-12-7-11-17-16-10-5-6-13-19(16)26-20(17)18;1-14-23-21(15-7-3-2-4-8-15)25-22(24-14)16-11-12-18-17-9-5-6-10-19(17)26-20(18)13-16/h2-17H,1H3;4*2-13H,1H3. The number of aromatic nitrogens is 15. The fraction of sp³-hybridized carbons (Fsp3) is 0.0431. The summed E-state index contributed by atoms with van der Waals surface area (Å²) in [5.74, 6) is 10.4. The van der Waals surface area contributed by atoms with Gasteiger partial charge in [0.15, 0.2) is 64.1 Å². The first-order chi connectivity index (χ1) is 66.9.